The minimum absolute atomic E-state index is 0.164. The van der Waals surface area contributed by atoms with Crippen LogP contribution in [-0.2, 0) is 11.2 Å². The lowest BCUT2D eigenvalue weighted by Gasteiger charge is -2.39. The van der Waals surface area contributed by atoms with E-state index in [4.69, 9.17) is 0 Å². The topological polar surface area (TPSA) is 43.8 Å². The van der Waals surface area contributed by atoms with Crippen molar-refractivity contribution in [2.75, 3.05) is 26.2 Å². The zero-order valence-corrected chi connectivity index (χ0v) is 12.5. The Kier molecular flexibility index (Phi) is 4.38. The van der Waals surface area contributed by atoms with Crippen LogP contribution in [0.15, 0.2) is 17.5 Å². The van der Waals surface area contributed by atoms with E-state index in [1.165, 1.54) is 0 Å². The van der Waals surface area contributed by atoms with Crippen LogP contribution in [0.3, 0.4) is 0 Å². The SMILES string of the molecule is O=C(Cc1cccs1)N1CCN(C2CCCC2O)CC1. The van der Waals surface area contributed by atoms with Gasteiger partial charge in [-0.1, -0.05) is 6.07 Å². The molecule has 1 aromatic heterocycles. The molecule has 1 N–H and O–H groups in total. The highest BCUT2D eigenvalue weighted by Gasteiger charge is 2.33. The molecular weight excluding hydrogens is 272 g/mol. The van der Waals surface area contributed by atoms with Crippen molar-refractivity contribution < 1.29 is 9.90 Å². The number of rotatable bonds is 3. The van der Waals surface area contributed by atoms with Crippen molar-refractivity contribution in [3.8, 4) is 0 Å². The number of piperazine rings is 1. The van der Waals surface area contributed by atoms with Gasteiger partial charge in [-0.05, 0) is 30.7 Å². The van der Waals surface area contributed by atoms with Crippen LogP contribution >= 0.6 is 11.3 Å². The van der Waals surface area contributed by atoms with Crippen molar-refractivity contribution >= 4 is 17.2 Å². The van der Waals surface area contributed by atoms with Crippen LogP contribution in [0.5, 0.6) is 0 Å². The summed E-state index contributed by atoms with van der Waals surface area (Å²) in [6.07, 6.45) is 3.53. The van der Waals surface area contributed by atoms with Gasteiger partial charge in [0.05, 0.1) is 12.5 Å². The van der Waals surface area contributed by atoms with Crippen LogP contribution in [0.2, 0.25) is 0 Å². The Morgan fingerprint density at radius 3 is 2.70 bits per heavy atom. The monoisotopic (exact) mass is 294 g/mol. The molecule has 0 aromatic carbocycles. The van der Waals surface area contributed by atoms with Gasteiger partial charge in [-0.15, -0.1) is 11.3 Å². The van der Waals surface area contributed by atoms with Crippen molar-refractivity contribution in [2.24, 2.45) is 0 Å². The molecule has 4 nitrogen and oxygen atoms in total. The van der Waals surface area contributed by atoms with Crippen LogP contribution in [0.4, 0.5) is 0 Å². The van der Waals surface area contributed by atoms with Gasteiger partial charge < -0.3 is 10.0 Å². The number of carbonyl (C=O) groups is 1. The number of hydrogen-bond acceptors (Lipinski definition) is 4. The van der Waals surface area contributed by atoms with Crippen molar-refractivity contribution in [3.63, 3.8) is 0 Å². The lowest BCUT2D eigenvalue weighted by molar-refractivity contribution is -0.132. The number of aliphatic hydroxyl groups is 1. The highest BCUT2D eigenvalue weighted by atomic mass is 32.1. The summed E-state index contributed by atoms with van der Waals surface area (Å²) < 4.78 is 0. The van der Waals surface area contributed by atoms with Gasteiger partial charge in [0.15, 0.2) is 0 Å². The molecule has 0 radical (unpaired) electrons. The zero-order valence-electron chi connectivity index (χ0n) is 11.7. The maximum Gasteiger partial charge on any atom is 0.227 e. The molecule has 1 aliphatic carbocycles. The maximum absolute atomic E-state index is 12.2. The molecule has 1 aromatic rings. The minimum atomic E-state index is -0.164. The van der Waals surface area contributed by atoms with E-state index in [-0.39, 0.29) is 12.0 Å². The van der Waals surface area contributed by atoms with Gasteiger partial charge >= 0.3 is 0 Å². The summed E-state index contributed by atoms with van der Waals surface area (Å²) in [5.74, 6) is 0.235. The molecule has 2 unspecified atom stereocenters. The molecular formula is C15H22N2O2S. The van der Waals surface area contributed by atoms with Crippen molar-refractivity contribution in [1.29, 1.82) is 0 Å². The predicted molar refractivity (Wildman–Crippen MR) is 79.8 cm³/mol. The smallest absolute Gasteiger partial charge is 0.227 e. The zero-order chi connectivity index (χ0) is 13.9. The first-order valence-electron chi connectivity index (χ1n) is 7.46. The van der Waals surface area contributed by atoms with Crippen molar-refractivity contribution in [3.05, 3.63) is 22.4 Å². The van der Waals surface area contributed by atoms with E-state index in [9.17, 15) is 9.90 Å². The van der Waals surface area contributed by atoms with E-state index in [0.29, 0.717) is 12.5 Å². The van der Waals surface area contributed by atoms with E-state index in [2.05, 4.69) is 4.90 Å². The molecule has 110 valence electrons. The predicted octanol–water partition coefficient (Wildman–Crippen LogP) is 1.35. The second-order valence-electron chi connectivity index (χ2n) is 5.74. The Morgan fingerprint density at radius 2 is 2.10 bits per heavy atom. The second-order valence-corrected chi connectivity index (χ2v) is 6.77. The van der Waals surface area contributed by atoms with Crippen LogP contribution < -0.4 is 0 Å². The first-order valence-corrected chi connectivity index (χ1v) is 8.34. The summed E-state index contributed by atoms with van der Waals surface area (Å²) in [5.41, 5.74) is 0. The largest absolute Gasteiger partial charge is 0.391 e. The Hall–Kier alpha value is -0.910. The third-order valence-electron chi connectivity index (χ3n) is 4.49. The normalized spacial score (nSPS) is 27.9. The molecule has 2 fully saturated rings. The van der Waals surface area contributed by atoms with E-state index >= 15 is 0 Å². The number of hydrogen-bond donors (Lipinski definition) is 1. The summed E-state index contributed by atoms with van der Waals surface area (Å²) in [5, 5.41) is 12.0. The summed E-state index contributed by atoms with van der Waals surface area (Å²) in [7, 11) is 0. The average Bonchev–Trinajstić information content (AvgIpc) is 3.10. The van der Waals surface area contributed by atoms with Gasteiger partial charge in [0.1, 0.15) is 0 Å². The number of aliphatic hydroxyl groups excluding tert-OH is 1. The van der Waals surface area contributed by atoms with E-state index in [1.807, 2.05) is 22.4 Å². The molecule has 2 heterocycles. The van der Waals surface area contributed by atoms with Crippen LogP contribution in [0.25, 0.3) is 0 Å². The van der Waals surface area contributed by atoms with Crippen molar-refractivity contribution in [1.82, 2.24) is 9.80 Å². The molecule has 1 saturated carbocycles. The molecule has 2 aliphatic rings. The van der Waals surface area contributed by atoms with Gasteiger partial charge in [0.2, 0.25) is 5.91 Å². The van der Waals surface area contributed by atoms with Gasteiger partial charge in [0.25, 0.3) is 0 Å². The van der Waals surface area contributed by atoms with Gasteiger partial charge in [-0.3, -0.25) is 9.69 Å². The lowest BCUT2D eigenvalue weighted by Crippen LogP contribution is -2.53. The van der Waals surface area contributed by atoms with E-state index in [1.54, 1.807) is 11.3 Å². The fourth-order valence-corrected chi connectivity index (χ4v) is 4.02. The molecule has 0 spiro atoms. The first kappa shape index (κ1) is 14.0. The third kappa shape index (κ3) is 3.05. The molecule has 1 aliphatic heterocycles. The average molecular weight is 294 g/mol. The van der Waals surface area contributed by atoms with Crippen LogP contribution in [0, 0.1) is 0 Å². The summed E-state index contributed by atoms with van der Waals surface area (Å²) >= 11 is 1.65. The quantitative estimate of drug-likeness (QED) is 0.915. The number of nitrogens with zero attached hydrogens (tertiary/aromatic N) is 2. The highest BCUT2D eigenvalue weighted by Crippen LogP contribution is 2.25. The molecule has 20 heavy (non-hydrogen) atoms. The molecule has 1 saturated heterocycles. The molecule has 2 atom stereocenters. The Balaban J connectivity index is 1.49. The Morgan fingerprint density at radius 1 is 1.30 bits per heavy atom. The minimum Gasteiger partial charge on any atom is -0.391 e. The van der Waals surface area contributed by atoms with Crippen molar-refractivity contribution in [2.45, 2.75) is 37.8 Å². The van der Waals surface area contributed by atoms with Crippen LogP contribution in [0.1, 0.15) is 24.1 Å². The fraction of sp³-hybridized carbons (Fsp3) is 0.667. The molecule has 3 rings (SSSR count). The lowest BCUT2D eigenvalue weighted by atomic mass is 10.1. The van der Waals surface area contributed by atoms with Gasteiger partial charge in [-0.25, -0.2) is 0 Å². The van der Waals surface area contributed by atoms with E-state index in [0.717, 1.165) is 50.3 Å². The number of amides is 1. The Labute approximate surface area is 124 Å². The Bertz CT molecular complexity index is 441. The highest BCUT2D eigenvalue weighted by molar-refractivity contribution is 7.10. The van der Waals surface area contributed by atoms with Gasteiger partial charge in [0, 0.05) is 37.1 Å². The standard InChI is InChI=1S/C15H22N2O2S/c18-14-5-1-4-13(14)16-6-8-17(9-7-16)15(19)11-12-3-2-10-20-12/h2-3,10,13-14,18H,1,4-9,11H2. The van der Waals surface area contributed by atoms with Crippen LogP contribution in [-0.4, -0.2) is 59.1 Å². The number of thiophene rings is 1. The molecule has 0 bridgehead atoms. The number of carbonyl (C=O) groups excluding carboxylic acids is 1. The summed E-state index contributed by atoms with van der Waals surface area (Å²) in [6, 6.07) is 4.34. The summed E-state index contributed by atoms with van der Waals surface area (Å²) in [4.78, 5) is 17.7. The molecule has 1 amide bonds. The third-order valence-corrected chi connectivity index (χ3v) is 5.36. The van der Waals surface area contributed by atoms with E-state index < -0.39 is 0 Å². The maximum atomic E-state index is 12.2. The summed E-state index contributed by atoms with van der Waals surface area (Å²) in [6.45, 7) is 3.40. The fourth-order valence-electron chi connectivity index (χ4n) is 3.32. The first-order chi connectivity index (χ1) is 9.74. The van der Waals surface area contributed by atoms with Gasteiger partial charge in [-0.2, -0.15) is 0 Å². The second kappa shape index (κ2) is 6.24. The molecule has 5 heteroatoms.